The first-order chi connectivity index (χ1) is 10.2. The largest absolute Gasteiger partial charge is 0.484 e. The average molecular weight is 284 g/mol. The van der Waals surface area contributed by atoms with Crippen LogP contribution in [0.1, 0.15) is 6.92 Å². The summed E-state index contributed by atoms with van der Waals surface area (Å²) in [6.45, 7) is 4.61. The Bertz CT molecular complexity index is 641. The van der Waals surface area contributed by atoms with E-state index in [9.17, 15) is 4.79 Å². The third-order valence-corrected chi connectivity index (χ3v) is 3.90. The Morgan fingerprint density at radius 3 is 2.90 bits per heavy atom. The molecule has 4 heteroatoms. The Morgan fingerprint density at radius 2 is 2.10 bits per heavy atom. The summed E-state index contributed by atoms with van der Waals surface area (Å²) in [4.78, 5) is 14.1. The molecule has 1 atom stereocenters. The second-order valence-electron chi connectivity index (χ2n) is 5.44. The van der Waals surface area contributed by atoms with E-state index in [2.05, 4.69) is 18.3 Å². The number of piperazine rings is 1. The molecule has 1 saturated heterocycles. The molecule has 21 heavy (non-hydrogen) atoms. The number of hydrogen-bond acceptors (Lipinski definition) is 3. The number of fused-ring (bicyclic) bond motifs is 1. The zero-order chi connectivity index (χ0) is 14.7. The first-order valence-electron chi connectivity index (χ1n) is 7.36. The average Bonchev–Trinajstić information content (AvgIpc) is 2.53. The van der Waals surface area contributed by atoms with Crippen molar-refractivity contribution in [3.05, 3.63) is 42.5 Å². The molecule has 1 heterocycles. The molecule has 0 bridgehead atoms. The summed E-state index contributed by atoms with van der Waals surface area (Å²) in [6, 6.07) is 14.3. The summed E-state index contributed by atoms with van der Waals surface area (Å²) < 4.78 is 5.67. The lowest BCUT2D eigenvalue weighted by molar-refractivity contribution is -0.136. The van der Waals surface area contributed by atoms with Crippen LogP contribution >= 0.6 is 0 Å². The standard InChI is InChI=1S/C17H20N2O2/c1-13-11-18-8-9-19(13)17(20)12-21-16-7-6-14-4-2-3-5-15(14)10-16/h2-7,10,13,18H,8-9,11-12H2,1H3/t13-/m0/s1. The fourth-order valence-corrected chi connectivity index (χ4v) is 2.70. The lowest BCUT2D eigenvalue weighted by Crippen LogP contribution is -2.53. The van der Waals surface area contributed by atoms with E-state index >= 15 is 0 Å². The monoisotopic (exact) mass is 284 g/mol. The van der Waals surface area contributed by atoms with Crippen LogP contribution in [0.3, 0.4) is 0 Å². The molecule has 1 aliphatic rings. The molecule has 0 unspecified atom stereocenters. The molecule has 110 valence electrons. The van der Waals surface area contributed by atoms with Gasteiger partial charge in [0.1, 0.15) is 5.75 Å². The zero-order valence-electron chi connectivity index (χ0n) is 12.2. The van der Waals surface area contributed by atoms with Gasteiger partial charge in [0.2, 0.25) is 0 Å². The normalized spacial score (nSPS) is 18.7. The van der Waals surface area contributed by atoms with Gasteiger partial charge in [-0.25, -0.2) is 0 Å². The molecule has 0 aliphatic carbocycles. The highest BCUT2D eigenvalue weighted by atomic mass is 16.5. The van der Waals surface area contributed by atoms with E-state index < -0.39 is 0 Å². The van der Waals surface area contributed by atoms with Gasteiger partial charge in [-0.15, -0.1) is 0 Å². The summed E-state index contributed by atoms with van der Waals surface area (Å²) >= 11 is 0. The second kappa shape index (κ2) is 6.14. The van der Waals surface area contributed by atoms with Crippen LogP contribution in [0, 0.1) is 0 Å². The quantitative estimate of drug-likeness (QED) is 0.938. The van der Waals surface area contributed by atoms with Gasteiger partial charge in [0.15, 0.2) is 6.61 Å². The van der Waals surface area contributed by atoms with Crippen LogP contribution in [0.15, 0.2) is 42.5 Å². The van der Waals surface area contributed by atoms with E-state index in [1.54, 1.807) is 0 Å². The van der Waals surface area contributed by atoms with Crippen LogP contribution in [0.25, 0.3) is 10.8 Å². The molecule has 0 saturated carbocycles. The van der Waals surface area contributed by atoms with Gasteiger partial charge in [-0.3, -0.25) is 4.79 Å². The summed E-state index contributed by atoms with van der Waals surface area (Å²) in [5.74, 6) is 0.794. The van der Waals surface area contributed by atoms with Crippen molar-refractivity contribution in [2.75, 3.05) is 26.2 Å². The molecular weight excluding hydrogens is 264 g/mol. The molecule has 3 rings (SSSR count). The van der Waals surface area contributed by atoms with Crippen molar-refractivity contribution >= 4 is 16.7 Å². The number of benzene rings is 2. The van der Waals surface area contributed by atoms with Crippen molar-refractivity contribution < 1.29 is 9.53 Å². The maximum atomic E-state index is 12.2. The maximum Gasteiger partial charge on any atom is 0.260 e. The Labute approximate surface area is 124 Å². The van der Waals surface area contributed by atoms with E-state index in [1.165, 1.54) is 5.39 Å². The van der Waals surface area contributed by atoms with E-state index in [4.69, 9.17) is 4.74 Å². The van der Waals surface area contributed by atoms with Crippen molar-refractivity contribution in [2.24, 2.45) is 0 Å². The van der Waals surface area contributed by atoms with Crippen LogP contribution in [0.2, 0.25) is 0 Å². The molecule has 2 aromatic carbocycles. The van der Waals surface area contributed by atoms with Crippen LogP contribution in [0.4, 0.5) is 0 Å². The number of nitrogens with zero attached hydrogens (tertiary/aromatic N) is 1. The summed E-state index contributed by atoms with van der Waals surface area (Å²) in [5.41, 5.74) is 0. The number of amides is 1. The van der Waals surface area contributed by atoms with E-state index in [0.717, 1.165) is 30.8 Å². The van der Waals surface area contributed by atoms with Gasteiger partial charge in [-0.1, -0.05) is 30.3 Å². The first-order valence-corrected chi connectivity index (χ1v) is 7.36. The molecule has 4 nitrogen and oxygen atoms in total. The van der Waals surface area contributed by atoms with Crippen molar-refractivity contribution in [3.63, 3.8) is 0 Å². The third-order valence-electron chi connectivity index (χ3n) is 3.90. The number of ether oxygens (including phenoxy) is 1. The van der Waals surface area contributed by atoms with Crippen LogP contribution in [-0.2, 0) is 4.79 Å². The summed E-state index contributed by atoms with van der Waals surface area (Å²) in [6.07, 6.45) is 0. The molecule has 1 amide bonds. The fourth-order valence-electron chi connectivity index (χ4n) is 2.70. The minimum Gasteiger partial charge on any atom is -0.484 e. The van der Waals surface area contributed by atoms with Gasteiger partial charge in [0.25, 0.3) is 5.91 Å². The molecule has 1 fully saturated rings. The zero-order valence-corrected chi connectivity index (χ0v) is 12.2. The highest BCUT2D eigenvalue weighted by Gasteiger charge is 2.23. The minimum absolute atomic E-state index is 0.0529. The Kier molecular flexibility index (Phi) is 4.06. The van der Waals surface area contributed by atoms with Gasteiger partial charge >= 0.3 is 0 Å². The predicted octanol–water partition coefficient (Wildman–Crippen LogP) is 2.04. The fraction of sp³-hybridized carbons (Fsp3) is 0.353. The number of carbonyl (C=O) groups is 1. The Balaban J connectivity index is 1.64. The molecule has 1 N–H and O–H groups in total. The minimum atomic E-state index is 0.0529. The topological polar surface area (TPSA) is 41.6 Å². The van der Waals surface area contributed by atoms with Crippen molar-refractivity contribution in [1.82, 2.24) is 10.2 Å². The van der Waals surface area contributed by atoms with Crippen LogP contribution in [0.5, 0.6) is 5.75 Å². The highest BCUT2D eigenvalue weighted by Crippen LogP contribution is 2.20. The summed E-state index contributed by atoms with van der Waals surface area (Å²) in [5, 5.41) is 5.57. The lowest BCUT2D eigenvalue weighted by Gasteiger charge is -2.33. The SMILES string of the molecule is C[C@H]1CNCCN1C(=O)COc1ccc2ccccc2c1. The van der Waals surface area contributed by atoms with Crippen molar-refractivity contribution in [1.29, 1.82) is 0 Å². The molecule has 1 aliphatic heterocycles. The maximum absolute atomic E-state index is 12.2. The van der Waals surface area contributed by atoms with E-state index in [-0.39, 0.29) is 18.6 Å². The smallest absolute Gasteiger partial charge is 0.260 e. The number of rotatable bonds is 3. The van der Waals surface area contributed by atoms with Gasteiger partial charge < -0.3 is 15.0 Å². The molecule has 0 spiro atoms. The molecule has 0 radical (unpaired) electrons. The second-order valence-corrected chi connectivity index (χ2v) is 5.44. The van der Waals surface area contributed by atoms with Crippen molar-refractivity contribution in [2.45, 2.75) is 13.0 Å². The van der Waals surface area contributed by atoms with Gasteiger partial charge in [-0.2, -0.15) is 0 Å². The molecular formula is C17H20N2O2. The lowest BCUT2D eigenvalue weighted by atomic mass is 10.1. The number of nitrogens with one attached hydrogen (secondary N) is 1. The van der Waals surface area contributed by atoms with E-state index in [0.29, 0.717) is 0 Å². The van der Waals surface area contributed by atoms with Crippen LogP contribution in [-0.4, -0.2) is 43.1 Å². The first kappa shape index (κ1) is 13.9. The van der Waals surface area contributed by atoms with Crippen LogP contribution < -0.4 is 10.1 Å². The number of carbonyl (C=O) groups excluding carboxylic acids is 1. The number of hydrogen-bond donors (Lipinski definition) is 1. The Hall–Kier alpha value is -2.07. The van der Waals surface area contributed by atoms with E-state index in [1.807, 2.05) is 41.3 Å². The molecule has 0 aromatic heterocycles. The van der Waals surface area contributed by atoms with Crippen molar-refractivity contribution in [3.8, 4) is 5.75 Å². The van der Waals surface area contributed by atoms with Gasteiger partial charge in [0.05, 0.1) is 0 Å². The third kappa shape index (κ3) is 3.16. The molecule has 2 aromatic rings. The predicted molar refractivity (Wildman–Crippen MR) is 83.5 cm³/mol. The summed E-state index contributed by atoms with van der Waals surface area (Å²) in [7, 11) is 0. The highest BCUT2D eigenvalue weighted by molar-refractivity contribution is 5.84. The van der Waals surface area contributed by atoms with Gasteiger partial charge in [0, 0.05) is 25.7 Å². The Morgan fingerprint density at radius 1 is 1.29 bits per heavy atom. The van der Waals surface area contributed by atoms with Gasteiger partial charge in [-0.05, 0) is 29.8 Å².